The highest BCUT2D eigenvalue weighted by atomic mass is 35.5. The van der Waals surface area contributed by atoms with E-state index in [9.17, 15) is 4.39 Å². The van der Waals surface area contributed by atoms with Crippen LogP contribution in [0, 0.1) is 5.82 Å². The minimum atomic E-state index is -0.287. The Hall–Kier alpha value is -3.31. The molecule has 0 bridgehead atoms. The first-order valence-electron chi connectivity index (χ1n) is 11.1. The predicted molar refractivity (Wildman–Crippen MR) is 129 cm³/mol. The van der Waals surface area contributed by atoms with E-state index in [2.05, 4.69) is 16.0 Å². The second kappa shape index (κ2) is 10.1. The molecule has 0 amide bonds. The number of nitrogens with one attached hydrogen (secondary N) is 2. The Balaban J connectivity index is 1.42. The van der Waals surface area contributed by atoms with Crippen molar-refractivity contribution < 1.29 is 18.7 Å². The largest absolute Gasteiger partial charge is 0.474 e. The van der Waals surface area contributed by atoms with Crippen molar-refractivity contribution in [2.75, 3.05) is 13.4 Å². The Kier molecular flexibility index (Phi) is 6.78. The molecule has 0 fully saturated rings. The van der Waals surface area contributed by atoms with Crippen LogP contribution in [0.15, 0.2) is 58.8 Å². The smallest absolute Gasteiger partial charge is 0.238 e. The normalized spacial score (nSPS) is 16.8. The van der Waals surface area contributed by atoms with Crippen molar-refractivity contribution in [1.29, 1.82) is 0 Å². The first-order chi connectivity index (χ1) is 17.0. The van der Waals surface area contributed by atoms with Crippen LogP contribution in [0.25, 0.3) is 5.69 Å². The van der Waals surface area contributed by atoms with Gasteiger partial charge in [0.15, 0.2) is 6.79 Å². The number of fused-ring (bicyclic) bond motifs is 3. The zero-order valence-electron chi connectivity index (χ0n) is 19.2. The van der Waals surface area contributed by atoms with E-state index in [4.69, 9.17) is 35.9 Å². The summed E-state index contributed by atoms with van der Waals surface area (Å²) in [5.74, 6) is 0.687. The van der Waals surface area contributed by atoms with Gasteiger partial charge in [-0.05, 0) is 49.7 Å². The molecule has 3 heterocycles. The second-order valence-electron chi connectivity index (χ2n) is 8.25. The first-order valence-corrected chi connectivity index (χ1v) is 11.5. The van der Waals surface area contributed by atoms with Crippen LogP contribution >= 0.6 is 11.6 Å². The molecule has 2 aliphatic rings. The second-order valence-corrected chi connectivity index (χ2v) is 8.69. The Morgan fingerprint density at radius 1 is 1.23 bits per heavy atom. The average Bonchev–Trinajstić information content (AvgIpc) is 3.45. The SMILES string of the molecule is CC(C)OCONNC1=NCc2c(C3=N[C@@H](c4ccc(F)cc4)CO3)ncn2-c2ccc(Cl)cc21. The van der Waals surface area contributed by atoms with Crippen LogP contribution in [-0.2, 0) is 20.9 Å². The van der Waals surface area contributed by atoms with Gasteiger partial charge in [0.1, 0.15) is 36.3 Å². The van der Waals surface area contributed by atoms with E-state index in [1.807, 2.05) is 30.5 Å². The molecule has 0 saturated heterocycles. The van der Waals surface area contributed by atoms with Gasteiger partial charge in [0.05, 0.1) is 24.0 Å². The lowest BCUT2D eigenvalue weighted by Gasteiger charge is -2.14. The van der Waals surface area contributed by atoms with Gasteiger partial charge in [-0.1, -0.05) is 23.7 Å². The van der Waals surface area contributed by atoms with Crippen molar-refractivity contribution >= 4 is 23.3 Å². The van der Waals surface area contributed by atoms with Gasteiger partial charge in [0.2, 0.25) is 5.90 Å². The number of ether oxygens (including phenoxy) is 2. The lowest BCUT2D eigenvalue weighted by molar-refractivity contribution is -0.124. The highest BCUT2D eigenvalue weighted by Crippen LogP contribution is 2.30. The van der Waals surface area contributed by atoms with Crippen LogP contribution in [0.3, 0.4) is 0 Å². The van der Waals surface area contributed by atoms with E-state index in [0.717, 1.165) is 22.5 Å². The number of nitrogens with zero attached hydrogens (tertiary/aromatic N) is 4. The summed E-state index contributed by atoms with van der Waals surface area (Å²) in [6.45, 7) is 4.57. The van der Waals surface area contributed by atoms with Gasteiger partial charge in [-0.3, -0.25) is 19.8 Å². The van der Waals surface area contributed by atoms with Crippen molar-refractivity contribution in [1.82, 2.24) is 20.6 Å². The third kappa shape index (κ3) is 5.06. The maximum absolute atomic E-state index is 13.3. The number of hydrogen-bond donors (Lipinski definition) is 2. The maximum atomic E-state index is 13.3. The third-order valence-electron chi connectivity index (χ3n) is 5.54. The lowest BCUT2D eigenvalue weighted by atomic mass is 10.1. The monoisotopic (exact) mass is 498 g/mol. The summed E-state index contributed by atoms with van der Waals surface area (Å²) in [5, 5.41) is 0.566. The molecule has 0 spiro atoms. The fraction of sp³-hybridized carbons (Fsp3) is 0.292. The molecule has 3 aromatic rings. The van der Waals surface area contributed by atoms with Crippen molar-refractivity contribution in [3.8, 4) is 5.69 Å². The molecule has 0 unspecified atom stereocenters. The first kappa shape index (κ1) is 23.4. The molecule has 0 radical (unpaired) electrons. The molecular formula is C24H24ClFN6O3. The van der Waals surface area contributed by atoms with E-state index in [-0.39, 0.29) is 24.8 Å². The average molecular weight is 499 g/mol. The maximum Gasteiger partial charge on any atom is 0.238 e. The molecule has 2 N–H and O–H groups in total. The molecular weight excluding hydrogens is 475 g/mol. The molecule has 1 atom stereocenters. The third-order valence-corrected chi connectivity index (χ3v) is 5.77. The van der Waals surface area contributed by atoms with Crippen molar-refractivity contribution in [3.63, 3.8) is 0 Å². The number of aliphatic imine (C=N–C) groups is 2. The molecule has 9 nitrogen and oxygen atoms in total. The van der Waals surface area contributed by atoms with E-state index in [1.54, 1.807) is 24.5 Å². The highest BCUT2D eigenvalue weighted by molar-refractivity contribution is 6.31. The summed E-state index contributed by atoms with van der Waals surface area (Å²) in [6, 6.07) is 11.6. The Morgan fingerprint density at radius 2 is 2.06 bits per heavy atom. The Labute approximate surface area is 206 Å². The van der Waals surface area contributed by atoms with Crippen LogP contribution < -0.4 is 11.0 Å². The number of aromatic nitrogens is 2. The fourth-order valence-corrected chi connectivity index (χ4v) is 3.98. The molecule has 2 aliphatic heterocycles. The number of rotatable bonds is 7. The van der Waals surface area contributed by atoms with Gasteiger partial charge >= 0.3 is 0 Å². The zero-order chi connectivity index (χ0) is 24.4. The quantitative estimate of drug-likeness (QED) is 0.292. The Morgan fingerprint density at radius 3 is 2.86 bits per heavy atom. The number of halogens is 2. The Bertz CT molecular complexity index is 1270. The topological polar surface area (TPSA) is 94.3 Å². The number of amidine groups is 1. The van der Waals surface area contributed by atoms with Gasteiger partial charge in [-0.2, -0.15) is 0 Å². The number of hydrogen-bond acceptors (Lipinski definition) is 8. The zero-order valence-corrected chi connectivity index (χ0v) is 19.9. The van der Waals surface area contributed by atoms with E-state index < -0.39 is 0 Å². The van der Waals surface area contributed by atoms with Gasteiger partial charge in [-0.25, -0.2) is 14.4 Å². The highest BCUT2D eigenvalue weighted by Gasteiger charge is 2.28. The van der Waals surface area contributed by atoms with Crippen LogP contribution in [0.1, 0.15) is 42.4 Å². The van der Waals surface area contributed by atoms with E-state index in [1.165, 1.54) is 12.1 Å². The molecule has 0 aliphatic carbocycles. The van der Waals surface area contributed by atoms with E-state index in [0.29, 0.717) is 35.6 Å². The summed E-state index contributed by atoms with van der Waals surface area (Å²) in [4.78, 5) is 19.3. The summed E-state index contributed by atoms with van der Waals surface area (Å²) < 4.78 is 26.5. The standard InChI is InChI=1S/C24H24ClFN6O3/c1-14(2)34-13-35-31-30-23-18-9-16(25)5-8-20(18)32-12-28-22(21(32)10-27-23)24-29-19(11-33-24)15-3-6-17(26)7-4-15/h3-9,12,14,19,31H,10-11,13H2,1-2H3,(H,27,30)/t19-/m1/s1. The van der Waals surface area contributed by atoms with Crippen molar-refractivity contribution in [2.24, 2.45) is 9.98 Å². The summed E-state index contributed by atoms with van der Waals surface area (Å²) in [6.07, 6.45) is 1.76. The molecule has 182 valence electrons. The molecule has 1 aromatic heterocycles. The van der Waals surface area contributed by atoms with Gasteiger partial charge in [0.25, 0.3) is 0 Å². The van der Waals surface area contributed by atoms with Gasteiger partial charge in [0, 0.05) is 10.6 Å². The van der Waals surface area contributed by atoms with Crippen LogP contribution in [0.4, 0.5) is 4.39 Å². The molecule has 11 heteroatoms. The minimum absolute atomic E-state index is 0.0479. The molecule has 2 aromatic carbocycles. The summed E-state index contributed by atoms with van der Waals surface area (Å²) in [7, 11) is 0. The lowest BCUT2D eigenvalue weighted by Crippen LogP contribution is -2.39. The molecule has 0 saturated carbocycles. The van der Waals surface area contributed by atoms with Crippen LogP contribution in [-0.4, -0.2) is 40.8 Å². The summed E-state index contributed by atoms with van der Waals surface area (Å²) >= 11 is 6.29. The van der Waals surface area contributed by atoms with Crippen molar-refractivity contribution in [3.05, 3.63) is 82.1 Å². The molecule has 35 heavy (non-hydrogen) atoms. The predicted octanol–water partition coefficient (Wildman–Crippen LogP) is 3.85. The number of hydrazine groups is 1. The number of imidazole rings is 1. The fourth-order valence-electron chi connectivity index (χ4n) is 3.81. The van der Waals surface area contributed by atoms with Crippen LogP contribution in [0.5, 0.6) is 0 Å². The van der Waals surface area contributed by atoms with Gasteiger partial charge < -0.3 is 9.47 Å². The summed E-state index contributed by atoms with van der Waals surface area (Å²) in [5.41, 5.74) is 9.54. The molecule has 5 rings (SSSR count). The van der Waals surface area contributed by atoms with E-state index >= 15 is 0 Å². The van der Waals surface area contributed by atoms with Crippen molar-refractivity contribution in [2.45, 2.75) is 32.5 Å². The van der Waals surface area contributed by atoms with Gasteiger partial charge in [-0.15, -0.1) is 5.59 Å². The minimum Gasteiger partial charge on any atom is -0.474 e. The van der Waals surface area contributed by atoms with Crippen LogP contribution in [0.2, 0.25) is 5.02 Å². The number of benzene rings is 2.